The molecule has 0 aromatic heterocycles. The van der Waals surface area contributed by atoms with Crippen molar-refractivity contribution in [3.63, 3.8) is 0 Å². The predicted molar refractivity (Wildman–Crippen MR) is 72.0 cm³/mol. The molecule has 1 heterocycles. The summed E-state index contributed by atoms with van der Waals surface area (Å²) in [7, 11) is -7.70. The first kappa shape index (κ1) is 15.4. The molecule has 7 nitrogen and oxygen atoms in total. The number of ether oxygens (including phenoxy) is 1. The van der Waals surface area contributed by atoms with Crippen molar-refractivity contribution in [2.45, 2.75) is 22.8 Å². The fourth-order valence-corrected chi connectivity index (χ4v) is 4.25. The van der Waals surface area contributed by atoms with E-state index in [0.29, 0.717) is 13.2 Å². The summed E-state index contributed by atoms with van der Waals surface area (Å²) in [6.07, 6.45) is 0. The van der Waals surface area contributed by atoms with E-state index in [4.69, 9.17) is 9.88 Å². The number of sulfonamides is 2. The van der Waals surface area contributed by atoms with E-state index in [9.17, 15) is 16.8 Å². The van der Waals surface area contributed by atoms with Gasteiger partial charge in [0.25, 0.3) is 0 Å². The Kier molecular flexibility index (Phi) is 4.17. The predicted octanol–water partition coefficient (Wildman–Crippen LogP) is -0.257. The van der Waals surface area contributed by atoms with Gasteiger partial charge in [-0.25, -0.2) is 22.0 Å². The van der Waals surface area contributed by atoms with Gasteiger partial charge < -0.3 is 4.74 Å². The molecule has 1 fully saturated rings. The molecule has 2 rings (SSSR count). The largest absolute Gasteiger partial charge is 0.378 e. The van der Waals surface area contributed by atoms with Gasteiger partial charge in [-0.1, -0.05) is 13.0 Å². The lowest BCUT2D eigenvalue weighted by Crippen LogP contribution is -2.51. The molecule has 0 bridgehead atoms. The maximum Gasteiger partial charge on any atom is 0.243 e. The van der Waals surface area contributed by atoms with E-state index in [2.05, 4.69) is 0 Å². The van der Waals surface area contributed by atoms with Gasteiger partial charge in [-0.2, -0.15) is 4.31 Å². The lowest BCUT2D eigenvalue weighted by Gasteiger charge is -2.35. The molecule has 0 aliphatic carbocycles. The van der Waals surface area contributed by atoms with Gasteiger partial charge in [-0.15, -0.1) is 0 Å². The van der Waals surface area contributed by atoms with Gasteiger partial charge >= 0.3 is 0 Å². The molecule has 0 radical (unpaired) electrons. The molecule has 2 N–H and O–H groups in total. The van der Waals surface area contributed by atoms with Gasteiger partial charge in [0.05, 0.1) is 29.0 Å². The molecule has 9 heteroatoms. The Morgan fingerprint density at radius 2 is 1.85 bits per heavy atom. The Morgan fingerprint density at radius 1 is 1.25 bits per heavy atom. The van der Waals surface area contributed by atoms with E-state index in [-0.39, 0.29) is 22.4 Å². The summed E-state index contributed by atoms with van der Waals surface area (Å²) < 4.78 is 53.9. The second-order valence-corrected chi connectivity index (χ2v) is 7.87. The first-order valence-electron chi connectivity index (χ1n) is 5.99. The Labute approximate surface area is 118 Å². The van der Waals surface area contributed by atoms with Gasteiger partial charge in [0, 0.05) is 6.54 Å². The number of nitrogens with zero attached hydrogens (tertiary/aromatic N) is 1. The summed E-state index contributed by atoms with van der Waals surface area (Å²) in [4.78, 5) is -0.308. The van der Waals surface area contributed by atoms with Crippen molar-refractivity contribution in [3.05, 3.63) is 24.3 Å². The van der Waals surface area contributed by atoms with Gasteiger partial charge in [0.1, 0.15) is 0 Å². The van der Waals surface area contributed by atoms with Crippen LogP contribution in [-0.4, -0.2) is 46.9 Å². The Hall–Kier alpha value is -1.00. The molecule has 1 aromatic carbocycles. The summed E-state index contributed by atoms with van der Waals surface area (Å²) >= 11 is 0. The van der Waals surface area contributed by atoms with E-state index in [1.807, 2.05) is 0 Å². The van der Waals surface area contributed by atoms with Crippen LogP contribution in [0.3, 0.4) is 0 Å². The second-order valence-electron chi connectivity index (χ2n) is 4.42. The number of likely N-dealkylation sites (N-methyl/N-ethyl adjacent to an activating group) is 1. The van der Waals surface area contributed by atoms with Crippen LogP contribution in [0.2, 0.25) is 0 Å². The molecule has 0 unspecified atom stereocenters. The van der Waals surface area contributed by atoms with Gasteiger partial charge in [0.2, 0.25) is 20.0 Å². The fourth-order valence-electron chi connectivity index (χ4n) is 1.96. The zero-order chi connectivity index (χ0) is 15.0. The van der Waals surface area contributed by atoms with E-state index in [1.165, 1.54) is 22.5 Å². The molecule has 20 heavy (non-hydrogen) atoms. The maximum absolute atomic E-state index is 12.5. The molecule has 1 aliphatic heterocycles. The molecule has 0 spiro atoms. The lowest BCUT2D eigenvalue weighted by molar-refractivity contribution is -0.0354. The van der Waals surface area contributed by atoms with Gasteiger partial charge in [-0.05, 0) is 18.2 Å². The molecule has 0 amide bonds. The molecule has 1 saturated heterocycles. The summed E-state index contributed by atoms with van der Waals surface area (Å²) in [5.41, 5.74) is 0. The van der Waals surface area contributed by atoms with Crippen LogP contribution in [0, 0.1) is 0 Å². The topological polar surface area (TPSA) is 107 Å². The third-order valence-corrected chi connectivity index (χ3v) is 6.01. The minimum absolute atomic E-state index is 0.0854. The Balaban J connectivity index is 2.43. The average Bonchev–Trinajstić information content (AvgIpc) is 2.32. The summed E-state index contributed by atoms with van der Waals surface area (Å²) in [6.45, 7) is 2.71. The van der Waals surface area contributed by atoms with Crippen LogP contribution in [0.25, 0.3) is 0 Å². The number of nitrogens with two attached hydrogens (primary N) is 1. The molecule has 1 aromatic rings. The summed E-state index contributed by atoms with van der Waals surface area (Å²) in [6, 6.07) is 4.84. The molecule has 0 atom stereocenters. The maximum atomic E-state index is 12.5. The van der Waals surface area contributed by atoms with Crippen LogP contribution >= 0.6 is 0 Å². The number of hydrogen-bond donors (Lipinski definition) is 1. The van der Waals surface area contributed by atoms with Crippen LogP contribution in [0.4, 0.5) is 0 Å². The molecular formula is C11H16N2O5S2. The monoisotopic (exact) mass is 320 g/mol. The lowest BCUT2D eigenvalue weighted by atomic mass is 10.2. The van der Waals surface area contributed by atoms with Crippen LogP contribution in [0.1, 0.15) is 6.92 Å². The van der Waals surface area contributed by atoms with Gasteiger partial charge in [-0.3, -0.25) is 0 Å². The van der Waals surface area contributed by atoms with Crippen molar-refractivity contribution < 1.29 is 21.6 Å². The van der Waals surface area contributed by atoms with Crippen LogP contribution in [-0.2, 0) is 24.8 Å². The first-order chi connectivity index (χ1) is 9.26. The Bertz CT molecular complexity index is 695. The molecule has 1 aliphatic rings. The first-order valence-corrected chi connectivity index (χ1v) is 8.98. The van der Waals surface area contributed by atoms with Crippen molar-refractivity contribution in [2.24, 2.45) is 5.14 Å². The number of hydrogen-bond acceptors (Lipinski definition) is 5. The quantitative estimate of drug-likeness (QED) is 0.804. The van der Waals surface area contributed by atoms with Crippen molar-refractivity contribution in [1.29, 1.82) is 0 Å². The van der Waals surface area contributed by atoms with Crippen LogP contribution in [0.15, 0.2) is 34.1 Å². The standard InChI is InChI=1S/C11H16N2O5S2/c1-2-13(9-7-18-8-9)20(16,17)11-5-3-4-10(6-11)19(12,14)15/h3-6,9H,2,7-8H2,1H3,(H2,12,14,15). The van der Waals surface area contributed by atoms with Crippen molar-refractivity contribution in [2.75, 3.05) is 19.8 Å². The zero-order valence-corrected chi connectivity index (χ0v) is 12.5. The third kappa shape index (κ3) is 2.86. The average molecular weight is 320 g/mol. The molecule has 112 valence electrons. The van der Waals surface area contributed by atoms with Crippen LogP contribution < -0.4 is 5.14 Å². The number of primary sulfonamides is 1. The number of benzene rings is 1. The van der Waals surface area contributed by atoms with E-state index in [1.54, 1.807) is 6.92 Å². The highest BCUT2D eigenvalue weighted by atomic mass is 32.2. The smallest absolute Gasteiger partial charge is 0.243 e. The highest BCUT2D eigenvalue weighted by molar-refractivity contribution is 7.90. The highest BCUT2D eigenvalue weighted by Gasteiger charge is 2.34. The van der Waals surface area contributed by atoms with Crippen molar-refractivity contribution >= 4 is 20.0 Å². The number of rotatable bonds is 5. The molecular weight excluding hydrogens is 304 g/mol. The second kappa shape index (κ2) is 5.41. The third-order valence-electron chi connectivity index (χ3n) is 3.08. The van der Waals surface area contributed by atoms with Crippen LogP contribution in [0.5, 0.6) is 0 Å². The highest BCUT2D eigenvalue weighted by Crippen LogP contribution is 2.23. The summed E-state index contributed by atoms with van der Waals surface area (Å²) in [5, 5.41) is 5.02. The van der Waals surface area contributed by atoms with Crippen molar-refractivity contribution in [3.8, 4) is 0 Å². The fraction of sp³-hybridized carbons (Fsp3) is 0.455. The van der Waals surface area contributed by atoms with Crippen molar-refractivity contribution in [1.82, 2.24) is 4.31 Å². The van der Waals surface area contributed by atoms with E-state index < -0.39 is 20.0 Å². The van der Waals surface area contributed by atoms with E-state index in [0.717, 1.165) is 6.07 Å². The SMILES string of the molecule is CCN(C1COC1)S(=O)(=O)c1cccc(S(N)(=O)=O)c1. The van der Waals surface area contributed by atoms with E-state index >= 15 is 0 Å². The zero-order valence-electron chi connectivity index (χ0n) is 10.9. The Morgan fingerprint density at radius 3 is 2.30 bits per heavy atom. The molecule has 0 saturated carbocycles. The minimum atomic E-state index is -3.94. The summed E-state index contributed by atoms with van der Waals surface area (Å²) in [5.74, 6) is 0. The minimum Gasteiger partial charge on any atom is -0.378 e. The normalized spacial score (nSPS) is 17.1. The van der Waals surface area contributed by atoms with Gasteiger partial charge in [0.15, 0.2) is 0 Å².